The molecule has 11 heteroatoms. The van der Waals surface area contributed by atoms with E-state index < -0.39 is 6.29 Å². The third-order valence-electron chi connectivity index (χ3n) is 6.63. The molecule has 0 saturated heterocycles. The summed E-state index contributed by atoms with van der Waals surface area (Å²) < 4.78 is 18.1. The molecule has 2 aliphatic rings. The summed E-state index contributed by atoms with van der Waals surface area (Å²) in [6.45, 7) is 3.04. The molecule has 2 fully saturated rings. The molecule has 196 valence electrons. The molecule has 36 heavy (non-hydrogen) atoms. The van der Waals surface area contributed by atoms with E-state index in [4.69, 9.17) is 24.0 Å². The molecule has 2 aromatic rings. The number of hydrogen-bond donors (Lipinski definition) is 0. The van der Waals surface area contributed by atoms with E-state index in [-0.39, 0.29) is 18.0 Å². The maximum absolute atomic E-state index is 12.0. The summed E-state index contributed by atoms with van der Waals surface area (Å²) in [5, 5.41) is 10.1. The second kappa shape index (κ2) is 11.8. The summed E-state index contributed by atoms with van der Waals surface area (Å²) in [7, 11) is 4.93. The van der Waals surface area contributed by atoms with Gasteiger partial charge in [0.05, 0.1) is 30.5 Å². The Labute approximate surface area is 211 Å². The van der Waals surface area contributed by atoms with Gasteiger partial charge in [-0.15, -0.1) is 5.10 Å². The number of hydrogen-bond acceptors (Lipinski definition) is 10. The van der Waals surface area contributed by atoms with Crippen LogP contribution < -0.4 is 4.74 Å². The molecule has 0 amide bonds. The van der Waals surface area contributed by atoms with Crippen LogP contribution in [0.1, 0.15) is 75.5 Å². The van der Waals surface area contributed by atoms with Gasteiger partial charge in [0.15, 0.2) is 0 Å². The van der Waals surface area contributed by atoms with Gasteiger partial charge in [0, 0.05) is 26.6 Å². The number of carbonyl (C=O) groups is 2. The van der Waals surface area contributed by atoms with Crippen LogP contribution in [0.5, 0.6) is 5.75 Å². The fourth-order valence-electron chi connectivity index (χ4n) is 4.69. The zero-order valence-corrected chi connectivity index (χ0v) is 21.4. The maximum Gasteiger partial charge on any atom is 0.308 e. The first-order valence-electron chi connectivity index (χ1n) is 12.6. The normalized spacial score (nSPS) is 20.7. The van der Waals surface area contributed by atoms with Crippen molar-refractivity contribution in [2.45, 2.75) is 70.2 Å². The van der Waals surface area contributed by atoms with E-state index in [0.29, 0.717) is 42.4 Å². The van der Waals surface area contributed by atoms with Gasteiger partial charge in [-0.2, -0.15) is 5.06 Å². The van der Waals surface area contributed by atoms with Crippen LogP contribution in [0.15, 0.2) is 12.1 Å². The Morgan fingerprint density at radius 2 is 2.08 bits per heavy atom. The van der Waals surface area contributed by atoms with Crippen LogP contribution in [-0.2, 0) is 30.9 Å². The fraction of sp³-hybridized carbons (Fsp3) is 0.640. The van der Waals surface area contributed by atoms with E-state index >= 15 is 0 Å². The average Bonchev–Trinajstić information content (AvgIpc) is 3.65. The van der Waals surface area contributed by atoms with Gasteiger partial charge >= 0.3 is 5.97 Å². The Morgan fingerprint density at radius 3 is 2.78 bits per heavy atom. The summed E-state index contributed by atoms with van der Waals surface area (Å²) in [4.78, 5) is 34.1. The molecule has 2 saturated carbocycles. The van der Waals surface area contributed by atoms with Crippen molar-refractivity contribution < 1.29 is 28.6 Å². The lowest BCUT2D eigenvalue weighted by atomic mass is 9.87. The highest BCUT2D eigenvalue weighted by Crippen LogP contribution is 2.45. The third kappa shape index (κ3) is 6.01. The number of hydroxylamine groups is 2. The zero-order chi connectivity index (χ0) is 25.7. The number of methoxy groups -OCH3 is 1. The number of ether oxygens (including phenoxy) is 3. The summed E-state index contributed by atoms with van der Waals surface area (Å²) in [5.74, 6) is 0.747. The van der Waals surface area contributed by atoms with Crippen molar-refractivity contribution in [1.29, 1.82) is 0 Å². The molecule has 0 aliphatic heterocycles. The predicted octanol–water partition coefficient (Wildman–Crippen LogP) is 3.31. The molecule has 3 atom stereocenters. The smallest absolute Gasteiger partial charge is 0.308 e. The summed E-state index contributed by atoms with van der Waals surface area (Å²) in [5.41, 5.74) is 2.44. The van der Waals surface area contributed by atoms with Gasteiger partial charge in [-0.1, -0.05) is 12.1 Å². The van der Waals surface area contributed by atoms with Crippen molar-refractivity contribution in [3.63, 3.8) is 0 Å². The van der Waals surface area contributed by atoms with Crippen molar-refractivity contribution in [2.75, 3.05) is 20.7 Å². The van der Waals surface area contributed by atoms with Crippen LogP contribution in [0.4, 0.5) is 0 Å². The van der Waals surface area contributed by atoms with Crippen molar-refractivity contribution in [1.82, 2.24) is 25.0 Å². The van der Waals surface area contributed by atoms with Gasteiger partial charge in [-0.05, 0) is 57.1 Å². The molecule has 2 aliphatic carbocycles. The number of aromatic nitrogens is 4. The highest BCUT2D eigenvalue weighted by atomic mass is 16.8. The molecule has 4 rings (SSSR count). The van der Waals surface area contributed by atoms with Gasteiger partial charge in [-0.25, -0.2) is 14.5 Å². The summed E-state index contributed by atoms with van der Waals surface area (Å²) in [6, 6.07) is 3.75. The number of rotatable bonds is 12. The average molecular weight is 502 g/mol. The Balaban J connectivity index is 1.60. The van der Waals surface area contributed by atoms with Crippen LogP contribution in [0, 0.1) is 5.92 Å². The van der Waals surface area contributed by atoms with E-state index in [1.54, 1.807) is 19.2 Å². The Morgan fingerprint density at radius 1 is 1.28 bits per heavy atom. The number of pyridine rings is 1. The van der Waals surface area contributed by atoms with Crippen LogP contribution in [0.2, 0.25) is 0 Å². The predicted molar refractivity (Wildman–Crippen MR) is 128 cm³/mol. The topological polar surface area (TPSA) is 118 Å². The second-order valence-corrected chi connectivity index (χ2v) is 9.45. The highest BCUT2D eigenvalue weighted by molar-refractivity contribution is 5.72. The quantitative estimate of drug-likeness (QED) is 0.185. The van der Waals surface area contributed by atoms with Gasteiger partial charge in [-0.3, -0.25) is 9.59 Å². The monoisotopic (exact) mass is 501 g/mol. The minimum atomic E-state index is -1.02. The molecule has 0 aromatic carbocycles. The Hall–Kier alpha value is -3.05. The second-order valence-electron chi connectivity index (χ2n) is 9.45. The standard InChI is InChI=1S/C25H35N5O6/c1-5-13-29(2)36-25(34-15-31)23-22(27-28-30(23)3)19-11-12-20(21(26-19)16-9-10-16)35-18-8-6-7-17(14-18)24(32)33-4/h11-12,15-18,25H,5-10,13-14H2,1-4H3/t17-,18-,25?/m0/s1. The Kier molecular flexibility index (Phi) is 8.52. The number of nitrogens with zero attached hydrogens (tertiary/aromatic N) is 5. The van der Waals surface area contributed by atoms with Crippen molar-refractivity contribution in [2.24, 2.45) is 13.0 Å². The summed E-state index contributed by atoms with van der Waals surface area (Å²) in [6.07, 6.45) is 5.14. The van der Waals surface area contributed by atoms with Crippen molar-refractivity contribution in [3.8, 4) is 17.1 Å². The third-order valence-corrected chi connectivity index (χ3v) is 6.63. The van der Waals surface area contributed by atoms with E-state index in [1.807, 2.05) is 19.1 Å². The minimum Gasteiger partial charge on any atom is -0.488 e. The van der Waals surface area contributed by atoms with Gasteiger partial charge in [0.1, 0.15) is 17.1 Å². The molecule has 2 heterocycles. The van der Waals surface area contributed by atoms with Crippen molar-refractivity contribution in [3.05, 3.63) is 23.5 Å². The van der Waals surface area contributed by atoms with Crippen molar-refractivity contribution >= 4 is 12.4 Å². The van der Waals surface area contributed by atoms with E-state index in [9.17, 15) is 9.59 Å². The number of esters is 1. The molecule has 0 bridgehead atoms. The molecule has 2 aromatic heterocycles. The molecular weight excluding hydrogens is 466 g/mol. The van der Waals surface area contributed by atoms with E-state index in [1.165, 1.54) is 11.8 Å². The highest BCUT2D eigenvalue weighted by Gasteiger charge is 2.34. The van der Waals surface area contributed by atoms with E-state index in [0.717, 1.165) is 50.0 Å². The lowest BCUT2D eigenvalue weighted by molar-refractivity contribution is -0.263. The number of aryl methyl sites for hydroxylation is 1. The maximum atomic E-state index is 12.0. The number of carbonyl (C=O) groups excluding carboxylic acids is 2. The molecule has 11 nitrogen and oxygen atoms in total. The molecule has 0 spiro atoms. The fourth-order valence-corrected chi connectivity index (χ4v) is 4.69. The van der Waals surface area contributed by atoms with E-state index in [2.05, 4.69) is 10.3 Å². The van der Waals surface area contributed by atoms with Crippen LogP contribution in [0.25, 0.3) is 11.4 Å². The lowest BCUT2D eigenvalue weighted by Gasteiger charge is -2.28. The Bertz CT molecular complexity index is 1060. The molecule has 0 N–H and O–H groups in total. The first-order valence-corrected chi connectivity index (χ1v) is 12.6. The van der Waals surface area contributed by atoms with Crippen LogP contribution >= 0.6 is 0 Å². The van der Waals surface area contributed by atoms with Crippen LogP contribution in [-0.4, -0.2) is 64.3 Å². The lowest BCUT2D eigenvalue weighted by Crippen LogP contribution is -2.30. The molecule has 1 unspecified atom stereocenters. The van der Waals surface area contributed by atoms with Gasteiger partial charge < -0.3 is 14.2 Å². The zero-order valence-electron chi connectivity index (χ0n) is 21.4. The summed E-state index contributed by atoms with van der Waals surface area (Å²) >= 11 is 0. The SMILES string of the molecule is CCCN(C)OC(OC=O)c1c(-c2ccc(O[C@H]3CCC[C@H](C(=O)OC)C3)c(C3CC3)n2)nnn1C. The largest absolute Gasteiger partial charge is 0.488 e. The first-order chi connectivity index (χ1) is 17.4. The first kappa shape index (κ1) is 26.0. The molecule has 0 radical (unpaired) electrons. The van der Waals surface area contributed by atoms with Crippen LogP contribution in [0.3, 0.4) is 0 Å². The van der Waals surface area contributed by atoms with Gasteiger partial charge in [0.2, 0.25) is 0 Å². The minimum absolute atomic E-state index is 0.0621. The van der Waals surface area contributed by atoms with Gasteiger partial charge in [0.25, 0.3) is 12.8 Å². The molecular formula is C25H35N5O6.